The van der Waals surface area contributed by atoms with Gasteiger partial charge in [0, 0.05) is 55.1 Å². The van der Waals surface area contributed by atoms with E-state index in [0.29, 0.717) is 42.0 Å². The number of nitrogens with zero attached hydrogens (tertiary/aromatic N) is 5. The molecule has 4 atom stereocenters. The van der Waals surface area contributed by atoms with Crippen molar-refractivity contribution >= 4 is 36.2 Å². The number of aliphatic hydroxyl groups excluding tert-OH is 1. The van der Waals surface area contributed by atoms with Crippen LogP contribution in [0.3, 0.4) is 0 Å². The summed E-state index contributed by atoms with van der Waals surface area (Å²) in [5.41, 5.74) is 0.942. The second-order valence-electron chi connectivity index (χ2n) is 12.3. The number of benzene rings is 3. The highest BCUT2D eigenvalue weighted by molar-refractivity contribution is 6.91. The van der Waals surface area contributed by atoms with E-state index in [-0.39, 0.29) is 35.8 Å². The molecule has 0 bridgehead atoms. The van der Waals surface area contributed by atoms with Crippen molar-refractivity contribution < 1.29 is 24.3 Å². The highest BCUT2D eigenvalue weighted by Crippen LogP contribution is 2.61. The third kappa shape index (κ3) is 5.12. The summed E-state index contributed by atoms with van der Waals surface area (Å²) in [4.78, 5) is 28.0. The van der Waals surface area contributed by atoms with E-state index >= 15 is 0 Å². The number of carbonyl (C=O) groups is 1. The molecule has 12 heteroatoms. The van der Waals surface area contributed by atoms with Crippen molar-refractivity contribution in [3.05, 3.63) is 100 Å². The predicted octanol–water partition coefficient (Wildman–Crippen LogP) is 4.71. The molecule has 0 radical (unpaired) electrons. The van der Waals surface area contributed by atoms with Crippen molar-refractivity contribution in [2.75, 3.05) is 18.6 Å². The fourth-order valence-electron chi connectivity index (χ4n) is 7.38. The number of fused-ring (bicyclic) bond motifs is 2. The van der Waals surface area contributed by atoms with Gasteiger partial charge in [-0.1, -0.05) is 60.7 Å². The zero-order chi connectivity index (χ0) is 31.9. The Kier molecular flexibility index (Phi) is 8.06. The van der Waals surface area contributed by atoms with Crippen molar-refractivity contribution in [2.24, 2.45) is 5.92 Å². The van der Waals surface area contributed by atoms with Gasteiger partial charge in [-0.05, 0) is 42.3 Å². The van der Waals surface area contributed by atoms with E-state index in [1.54, 1.807) is 22.8 Å². The van der Waals surface area contributed by atoms with Crippen LogP contribution in [0.4, 0.5) is 17.1 Å². The molecule has 2 aliphatic heterocycles. The fraction of sp³-hybridized carbons (Fsp3) is 0.364. The summed E-state index contributed by atoms with van der Waals surface area (Å²) in [6.45, 7) is 7.13. The summed E-state index contributed by atoms with van der Waals surface area (Å²) in [6.07, 6.45) is 2.43. The number of nitro benzene ring substituents is 1. The molecule has 45 heavy (non-hydrogen) atoms. The van der Waals surface area contributed by atoms with Gasteiger partial charge in [0.25, 0.3) is 11.6 Å². The first-order chi connectivity index (χ1) is 21.6. The number of aliphatic hydroxyl groups is 1. The van der Waals surface area contributed by atoms with Gasteiger partial charge in [-0.2, -0.15) is 0 Å². The first kappa shape index (κ1) is 30.6. The summed E-state index contributed by atoms with van der Waals surface area (Å²) in [5, 5.41) is 30.9. The summed E-state index contributed by atoms with van der Waals surface area (Å²) < 4.78 is 14.3. The molecule has 234 valence electrons. The molecule has 0 saturated carbocycles. The summed E-state index contributed by atoms with van der Waals surface area (Å²) >= 11 is 0. The van der Waals surface area contributed by atoms with Crippen molar-refractivity contribution in [1.82, 2.24) is 15.0 Å². The van der Waals surface area contributed by atoms with Crippen LogP contribution in [-0.2, 0) is 28.1 Å². The second-order valence-corrected chi connectivity index (χ2v) is 17.0. The third-order valence-corrected chi connectivity index (χ3v) is 13.9. The topological polar surface area (TPSA) is 133 Å². The Morgan fingerprint density at radius 3 is 2.51 bits per heavy atom. The first-order valence-electron chi connectivity index (χ1n) is 15.1. The van der Waals surface area contributed by atoms with Gasteiger partial charge in [0.2, 0.25) is 0 Å². The molecule has 1 amide bonds. The minimum Gasteiger partial charge on any atom is -0.497 e. The number of nitro groups is 1. The Labute approximate surface area is 262 Å². The minimum atomic E-state index is -2.40. The van der Waals surface area contributed by atoms with Gasteiger partial charge in [0.1, 0.15) is 5.75 Å². The predicted molar refractivity (Wildman–Crippen MR) is 172 cm³/mol. The SMILES string of the molecule is COc1ccc([Si](C)(C)[C@@H]2[C@@H](CCn3cc(CCO)nn3)O[C@]3(C(=O)N(c4ccccc4)c4ccc([N+](=O)[O-])cc43)[C@H]2C)cc1. The zero-order valence-corrected chi connectivity index (χ0v) is 26.8. The zero-order valence-electron chi connectivity index (χ0n) is 25.8. The number of hydrogen-bond donors (Lipinski definition) is 1. The van der Waals surface area contributed by atoms with Gasteiger partial charge in [-0.25, -0.2) is 0 Å². The molecule has 4 aromatic rings. The average Bonchev–Trinajstić information content (AvgIpc) is 3.69. The van der Waals surface area contributed by atoms with Crippen LogP contribution in [-0.4, -0.2) is 58.8 Å². The number of hydrogen-bond acceptors (Lipinski definition) is 8. The van der Waals surface area contributed by atoms with Crippen LogP contribution in [0, 0.1) is 16.0 Å². The van der Waals surface area contributed by atoms with E-state index in [1.807, 2.05) is 48.7 Å². The molecule has 6 rings (SSSR count). The Morgan fingerprint density at radius 2 is 1.84 bits per heavy atom. The molecular weight excluding hydrogens is 590 g/mol. The van der Waals surface area contributed by atoms with Crippen LogP contribution in [0.2, 0.25) is 18.6 Å². The molecule has 1 N–H and O–H groups in total. The van der Waals surface area contributed by atoms with Crippen molar-refractivity contribution in [3.8, 4) is 5.75 Å². The monoisotopic (exact) mass is 627 g/mol. The van der Waals surface area contributed by atoms with Crippen LogP contribution in [0.15, 0.2) is 79.0 Å². The third-order valence-electron chi connectivity index (χ3n) is 9.55. The van der Waals surface area contributed by atoms with Crippen LogP contribution in [0.1, 0.15) is 24.6 Å². The summed E-state index contributed by atoms with van der Waals surface area (Å²) in [7, 11) is -0.758. The molecule has 1 aromatic heterocycles. The van der Waals surface area contributed by atoms with E-state index < -0.39 is 18.6 Å². The molecule has 1 saturated heterocycles. The number of para-hydroxylation sites is 1. The van der Waals surface area contributed by atoms with Crippen LogP contribution < -0.4 is 14.8 Å². The molecule has 1 fully saturated rings. The number of anilines is 2. The van der Waals surface area contributed by atoms with E-state index in [4.69, 9.17) is 9.47 Å². The lowest BCUT2D eigenvalue weighted by molar-refractivity contribution is -0.385. The fourth-order valence-corrected chi connectivity index (χ4v) is 11.4. The maximum absolute atomic E-state index is 14.8. The first-order valence-corrected chi connectivity index (χ1v) is 18.2. The molecular formula is C33H37N5O6Si. The van der Waals surface area contributed by atoms with Gasteiger partial charge in [0.15, 0.2) is 5.60 Å². The van der Waals surface area contributed by atoms with E-state index in [9.17, 15) is 20.0 Å². The van der Waals surface area contributed by atoms with Crippen molar-refractivity contribution in [3.63, 3.8) is 0 Å². The quantitative estimate of drug-likeness (QED) is 0.152. The second kappa shape index (κ2) is 11.8. The Bertz CT molecular complexity index is 1710. The number of ether oxygens (including phenoxy) is 2. The van der Waals surface area contributed by atoms with Gasteiger partial charge in [0.05, 0.1) is 37.6 Å². The number of aryl methyl sites for hydroxylation is 1. The lowest BCUT2D eigenvalue weighted by Gasteiger charge is -2.37. The highest BCUT2D eigenvalue weighted by atomic mass is 28.3. The molecule has 3 aromatic carbocycles. The van der Waals surface area contributed by atoms with Gasteiger partial charge in [-0.3, -0.25) is 24.5 Å². The minimum absolute atomic E-state index is 0.0141. The van der Waals surface area contributed by atoms with Crippen LogP contribution in [0.5, 0.6) is 5.75 Å². The number of aromatic nitrogens is 3. The Hall–Kier alpha value is -4.39. The van der Waals surface area contributed by atoms with E-state index in [0.717, 1.165) is 5.75 Å². The maximum Gasteiger partial charge on any atom is 0.269 e. The summed E-state index contributed by atoms with van der Waals surface area (Å²) in [5.74, 6) is 0.214. The average molecular weight is 628 g/mol. The van der Waals surface area contributed by atoms with E-state index in [1.165, 1.54) is 17.3 Å². The number of rotatable bonds is 10. The van der Waals surface area contributed by atoms with Crippen molar-refractivity contribution in [1.29, 1.82) is 0 Å². The largest absolute Gasteiger partial charge is 0.497 e. The van der Waals surface area contributed by atoms with E-state index in [2.05, 4.69) is 42.5 Å². The lowest BCUT2D eigenvalue weighted by atomic mass is 9.82. The molecule has 1 spiro atoms. The number of non-ortho nitro benzene ring substituents is 1. The maximum atomic E-state index is 14.8. The molecule has 0 unspecified atom stereocenters. The Balaban J connectivity index is 1.47. The Morgan fingerprint density at radius 1 is 1.11 bits per heavy atom. The normalized spacial score (nSPS) is 22.6. The number of amides is 1. The molecule has 0 aliphatic carbocycles. The number of carbonyl (C=O) groups excluding carboxylic acids is 1. The lowest BCUT2D eigenvalue weighted by Crippen LogP contribution is -2.51. The smallest absolute Gasteiger partial charge is 0.269 e. The number of methoxy groups -OCH3 is 1. The van der Waals surface area contributed by atoms with Gasteiger partial charge >= 0.3 is 0 Å². The highest BCUT2D eigenvalue weighted by Gasteiger charge is 2.66. The summed E-state index contributed by atoms with van der Waals surface area (Å²) in [6, 6.07) is 22.1. The standard InChI is InChI=1S/C33H37N5O6Si/c1-22-31(45(3,4)27-13-11-26(43-2)12-14-27)30(16-18-36-21-23(17-19-39)34-35-36)44-33(22)28-20-25(38(41)42)10-15-29(28)37(32(33)40)24-8-6-5-7-9-24/h5-15,20-22,30-31,39H,16-19H2,1-4H3/t22-,30+,31-,33+/m0/s1. The van der Waals surface area contributed by atoms with Crippen LogP contribution in [0.25, 0.3) is 0 Å². The molecule has 11 nitrogen and oxygen atoms in total. The van der Waals surface area contributed by atoms with Crippen LogP contribution >= 0.6 is 0 Å². The molecule has 2 aliphatic rings. The molecule has 3 heterocycles. The van der Waals surface area contributed by atoms with Crippen molar-refractivity contribution in [2.45, 2.75) is 56.7 Å². The van der Waals surface area contributed by atoms with Gasteiger partial charge in [-0.15, -0.1) is 5.10 Å². The van der Waals surface area contributed by atoms with Gasteiger partial charge < -0.3 is 14.6 Å².